The summed E-state index contributed by atoms with van der Waals surface area (Å²) in [5.74, 6) is -0.987. The smallest absolute Gasteiger partial charge is 0.550 e. The molecule has 0 saturated carbocycles. The van der Waals surface area contributed by atoms with Gasteiger partial charge >= 0.3 is 113 Å². The Hall–Kier alpha value is 2.35. The zero-order chi connectivity index (χ0) is 19.0. The topological polar surface area (TPSA) is 104 Å². The summed E-state index contributed by atoms with van der Waals surface area (Å²) in [5.41, 5.74) is 0. The van der Waals surface area contributed by atoms with Crippen molar-refractivity contribution >= 4 is 16.4 Å². The monoisotopic (exact) mass is 455 g/mol. The number of carbonyl (C=O) groups excluding carboxylic acids is 1. The fourth-order valence-electron chi connectivity index (χ4n) is 2.60. The summed E-state index contributed by atoms with van der Waals surface area (Å²) in [6, 6.07) is 0. The van der Waals surface area contributed by atoms with Crippen LogP contribution >= 0.6 is 0 Å². The molecule has 0 bridgehead atoms. The van der Waals surface area contributed by atoms with E-state index in [9.17, 15) is 18.3 Å². The van der Waals surface area contributed by atoms with Crippen LogP contribution in [0.15, 0.2) is 12.2 Å². The van der Waals surface area contributed by atoms with Gasteiger partial charge in [-0.3, -0.25) is 4.55 Å². The average Bonchev–Trinajstić information content (AvgIpc) is 2.51. The van der Waals surface area contributed by atoms with Crippen molar-refractivity contribution in [2.75, 3.05) is 0 Å². The van der Waals surface area contributed by atoms with Gasteiger partial charge in [-0.2, -0.15) is 8.42 Å². The predicted molar refractivity (Wildman–Crippen MR) is 96.3 cm³/mol. The summed E-state index contributed by atoms with van der Waals surface area (Å²) in [7, 11) is -4.41. The van der Waals surface area contributed by atoms with E-state index in [0.29, 0.717) is 19.3 Å². The van der Waals surface area contributed by atoms with Crippen LogP contribution in [-0.2, 0) is 19.4 Å². The average molecular weight is 456 g/mol. The summed E-state index contributed by atoms with van der Waals surface area (Å²) in [4.78, 5) is 10.3. The summed E-state index contributed by atoms with van der Waals surface area (Å²) in [6.45, 7) is 2.11. The fourth-order valence-corrected chi connectivity index (χ4v) is 3.12. The predicted octanol–water partition coefficient (Wildman–Crippen LogP) is -2.42. The van der Waals surface area contributed by atoms with E-state index in [-0.39, 0.29) is 109 Å². The van der Waals surface area contributed by atoms with Crippen molar-refractivity contribution in [3.05, 3.63) is 12.2 Å². The van der Waals surface area contributed by atoms with Gasteiger partial charge in [-0.1, -0.05) is 64.0 Å². The molecule has 0 aliphatic carbocycles. The van der Waals surface area contributed by atoms with Crippen molar-refractivity contribution in [3.63, 3.8) is 0 Å². The summed E-state index contributed by atoms with van der Waals surface area (Å²) < 4.78 is 35.4. The number of hydrogen-bond donors (Lipinski definition) is 1. The molecule has 0 spiro atoms. The minimum atomic E-state index is -4.41. The molecular weight excluding hydrogens is 422 g/mol. The number of carboxylic acids is 1. The van der Waals surface area contributed by atoms with Crippen LogP contribution in [0, 0.1) is 0 Å². The van der Waals surface area contributed by atoms with E-state index in [1.165, 1.54) is 0 Å². The maximum Gasteiger partial charge on any atom is 1.00 e. The second-order valence-corrected chi connectivity index (χ2v) is 7.43. The van der Waals surface area contributed by atoms with E-state index in [4.69, 9.17) is 8.74 Å². The fraction of sp³-hybridized carbons (Fsp3) is 0.833. The van der Waals surface area contributed by atoms with Gasteiger partial charge in [-0.05, 0) is 38.5 Å². The van der Waals surface area contributed by atoms with E-state index < -0.39 is 22.5 Å². The van der Waals surface area contributed by atoms with E-state index in [1.807, 2.05) is 12.2 Å². The number of carbonyl (C=O) groups is 1. The number of allylic oxidation sites excluding steroid dienone is 1. The minimum Gasteiger partial charge on any atom is -0.550 e. The van der Waals surface area contributed by atoms with E-state index in [1.54, 1.807) is 0 Å². The zero-order valence-electron chi connectivity index (χ0n) is 17.3. The molecule has 0 aromatic heterocycles. The van der Waals surface area contributed by atoms with Gasteiger partial charge in [0.05, 0.1) is 6.10 Å². The molecule has 27 heavy (non-hydrogen) atoms. The Balaban J connectivity index is -0.00000288. The maximum absolute atomic E-state index is 10.9. The van der Waals surface area contributed by atoms with Crippen LogP contribution in [-0.4, -0.2) is 25.0 Å². The van der Waals surface area contributed by atoms with E-state index in [2.05, 4.69) is 6.92 Å². The normalized spacial score (nSPS) is 12.4. The molecule has 0 aromatic carbocycles. The summed E-state index contributed by atoms with van der Waals surface area (Å²) in [6.07, 6.45) is 14.3. The zero-order valence-corrected chi connectivity index (χ0v) is 24.4. The second kappa shape index (κ2) is 23.0. The van der Waals surface area contributed by atoms with Gasteiger partial charge in [0.15, 0.2) is 0 Å². The van der Waals surface area contributed by atoms with Crippen LogP contribution < -0.4 is 108 Å². The third-order valence-electron chi connectivity index (χ3n) is 3.95. The van der Waals surface area contributed by atoms with Crippen LogP contribution in [0.25, 0.3) is 0 Å². The Morgan fingerprint density at radius 1 is 1.00 bits per heavy atom. The Morgan fingerprint density at radius 3 is 2.19 bits per heavy atom. The number of carboxylic acid groups (broad SMARTS) is 1. The van der Waals surface area contributed by atoms with Gasteiger partial charge in [0.1, 0.15) is 0 Å². The molecule has 0 aliphatic heterocycles. The first-order valence-corrected chi connectivity index (χ1v) is 10.7. The van der Waals surface area contributed by atoms with Crippen molar-refractivity contribution in [3.8, 4) is 0 Å². The molecular formula is C18H33K2O6S+. The largest absolute Gasteiger partial charge is 1.00 e. The Morgan fingerprint density at radius 2 is 1.59 bits per heavy atom. The van der Waals surface area contributed by atoms with Crippen molar-refractivity contribution in [2.45, 2.75) is 96.5 Å². The van der Waals surface area contributed by atoms with Gasteiger partial charge in [0.2, 0.25) is 0 Å². The van der Waals surface area contributed by atoms with Crippen LogP contribution in [0.1, 0.15) is 90.4 Å². The Labute approximate surface area is 250 Å². The van der Waals surface area contributed by atoms with Gasteiger partial charge in [-0.25, -0.2) is 4.18 Å². The first-order chi connectivity index (χ1) is 11.8. The first-order valence-electron chi connectivity index (χ1n) is 9.35. The van der Waals surface area contributed by atoms with E-state index >= 15 is 0 Å². The van der Waals surface area contributed by atoms with Crippen molar-refractivity contribution in [1.29, 1.82) is 0 Å². The summed E-state index contributed by atoms with van der Waals surface area (Å²) in [5, 5.41) is 10.3. The van der Waals surface area contributed by atoms with Crippen molar-refractivity contribution in [2.24, 2.45) is 0 Å². The van der Waals surface area contributed by atoms with Gasteiger partial charge in [0, 0.05) is 5.97 Å². The van der Waals surface area contributed by atoms with Crippen LogP contribution in [0.3, 0.4) is 0 Å². The third kappa shape index (κ3) is 28.4. The molecule has 0 aliphatic rings. The molecule has 0 aromatic rings. The van der Waals surface area contributed by atoms with Crippen molar-refractivity contribution in [1.82, 2.24) is 0 Å². The Bertz CT molecular complexity index is 468. The molecule has 6 nitrogen and oxygen atoms in total. The molecule has 0 rings (SSSR count). The molecule has 0 fully saturated rings. The van der Waals surface area contributed by atoms with Crippen LogP contribution in [0.4, 0.5) is 0 Å². The molecule has 0 amide bonds. The molecule has 0 saturated heterocycles. The maximum atomic E-state index is 10.9. The molecule has 148 valence electrons. The number of hydrogen-bond acceptors (Lipinski definition) is 5. The second-order valence-electron chi connectivity index (χ2n) is 6.38. The molecule has 1 unspecified atom stereocenters. The number of unbranched alkanes of at least 4 members (excludes halogenated alkanes) is 8. The van der Waals surface area contributed by atoms with Crippen molar-refractivity contribution < 1.29 is 130 Å². The molecule has 1 N–H and O–H groups in total. The minimum absolute atomic E-state index is 0. The first kappa shape index (κ1) is 34.0. The molecule has 1 atom stereocenters. The van der Waals surface area contributed by atoms with E-state index in [0.717, 1.165) is 57.8 Å². The standard InChI is InChI=1S/C18H34O6S.2K/c1-2-3-4-11-14-17(24-25(21,22)23)15-12-9-7-5-6-8-10-13-16-18(19)20;;/h9,12,17H,2-8,10-11,13-16H2,1H3,(H,19,20)(H,21,22,23);;/q;2*+1/p-1/b12-9+;;. The third-order valence-corrected chi connectivity index (χ3v) is 4.47. The van der Waals surface area contributed by atoms with Gasteiger partial charge in [-0.15, -0.1) is 0 Å². The Kier molecular flexibility index (Phi) is 29.0. The SMILES string of the molecule is CCCCCCC(C/C=C/CCCCCCCC(=O)[O-])OS(=O)(=O)O.[K+].[K+]. The molecule has 0 heterocycles. The van der Waals surface area contributed by atoms with Crippen LogP contribution in [0.2, 0.25) is 0 Å². The van der Waals surface area contributed by atoms with Gasteiger partial charge < -0.3 is 9.90 Å². The quantitative estimate of drug-likeness (QED) is 0.113. The number of aliphatic carboxylic acids is 1. The van der Waals surface area contributed by atoms with Crippen LogP contribution in [0.5, 0.6) is 0 Å². The summed E-state index contributed by atoms with van der Waals surface area (Å²) >= 11 is 0. The molecule has 9 heteroatoms. The number of rotatable bonds is 17. The van der Waals surface area contributed by atoms with Gasteiger partial charge in [0.25, 0.3) is 0 Å². The molecule has 0 radical (unpaired) electrons.